The molecular weight excluding hydrogens is 348 g/mol. The van der Waals surface area contributed by atoms with Crippen molar-refractivity contribution in [1.82, 2.24) is 19.1 Å². The molecule has 26 heavy (non-hydrogen) atoms. The summed E-state index contributed by atoms with van der Waals surface area (Å²) in [5, 5.41) is 8.12. The van der Waals surface area contributed by atoms with Gasteiger partial charge < -0.3 is 4.57 Å². The Morgan fingerprint density at radius 2 is 1.96 bits per heavy atom. The highest BCUT2D eigenvalue weighted by atomic mass is 32.2. The zero-order valence-electron chi connectivity index (χ0n) is 15.8. The predicted molar refractivity (Wildman–Crippen MR) is 101 cm³/mol. The maximum Gasteiger partial charge on any atom is 0.243 e. The Morgan fingerprint density at radius 3 is 2.62 bits per heavy atom. The van der Waals surface area contributed by atoms with Gasteiger partial charge >= 0.3 is 0 Å². The zero-order chi connectivity index (χ0) is 18.7. The summed E-state index contributed by atoms with van der Waals surface area (Å²) in [6.07, 6.45) is 5.07. The molecule has 0 aliphatic carbocycles. The maximum atomic E-state index is 13.1. The molecule has 1 unspecified atom stereocenters. The van der Waals surface area contributed by atoms with Crippen LogP contribution in [-0.4, -0.2) is 40.1 Å². The fourth-order valence-electron chi connectivity index (χ4n) is 3.61. The minimum atomic E-state index is -3.45. The summed E-state index contributed by atoms with van der Waals surface area (Å²) in [5.74, 6) is 1.32. The molecule has 1 aliphatic rings. The highest BCUT2D eigenvalue weighted by Crippen LogP contribution is 2.29. The van der Waals surface area contributed by atoms with Gasteiger partial charge in [0.25, 0.3) is 0 Å². The summed E-state index contributed by atoms with van der Waals surface area (Å²) in [4.78, 5) is 0.394. The fraction of sp³-hybridized carbons (Fsp3) is 0.579. The van der Waals surface area contributed by atoms with Crippen LogP contribution in [0.4, 0.5) is 0 Å². The zero-order valence-corrected chi connectivity index (χ0v) is 16.6. The van der Waals surface area contributed by atoms with Gasteiger partial charge in [0.2, 0.25) is 10.0 Å². The van der Waals surface area contributed by atoms with Crippen LogP contribution in [0, 0.1) is 0 Å². The van der Waals surface area contributed by atoms with Crippen molar-refractivity contribution < 1.29 is 8.42 Å². The van der Waals surface area contributed by atoms with Crippen molar-refractivity contribution in [2.24, 2.45) is 0 Å². The minimum absolute atomic E-state index is 0.0341. The van der Waals surface area contributed by atoms with Gasteiger partial charge in [0.15, 0.2) is 0 Å². The molecule has 1 saturated heterocycles. The highest BCUT2D eigenvalue weighted by Gasteiger charge is 2.35. The monoisotopic (exact) mass is 376 g/mol. The third-order valence-electron chi connectivity index (χ3n) is 5.21. The van der Waals surface area contributed by atoms with E-state index in [4.69, 9.17) is 0 Å². The molecule has 1 atom stereocenters. The lowest BCUT2D eigenvalue weighted by atomic mass is 10.0. The Hall–Kier alpha value is -1.73. The summed E-state index contributed by atoms with van der Waals surface area (Å²) >= 11 is 0. The molecule has 0 amide bonds. The van der Waals surface area contributed by atoms with Gasteiger partial charge in [-0.2, -0.15) is 4.31 Å². The van der Waals surface area contributed by atoms with Crippen LogP contribution >= 0.6 is 0 Å². The molecule has 2 aromatic rings. The van der Waals surface area contributed by atoms with Crippen molar-refractivity contribution in [1.29, 1.82) is 0 Å². The topological polar surface area (TPSA) is 68.1 Å². The molecule has 0 radical (unpaired) electrons. The first kappa shape index (κ1) is 19.0. The van der Waals surface area contributed by atoms with E-state index in [2.05, 4.69) is 31.0 Å². The van der Waals surface area contributed by atoms with Crippen LogP contribution in [-0.2, 0) is 23.0 Å². The Balaban J connectivity index is 1.73. The van der Waals surface area contributed by atoms with Crippen molar-refractivity contribution in [3.8, 4) is 0 Å². The molecule has 1 fully saturated rings. The van der Waals surface area contributed by atoms with Gasteiger partial charge in [0.1, 0.15) is 12.2 Å². The number of aromatic nitrogens is 3. The summed E-state index contributed by atoms with van der Waals surface area (Å²) in [5.41, 5.74) is 1.15. The summed E-state index contributed by atoms with van der Waals surface area (Å²) in [6, 6.07) is 7.37. The first-order chi connectivity index (χ1) is 12.4. The van der Waals surface area contributed by atoms with Gasteiger partial charge in [-0.05, 0) is 49.8 Å². The number of nitrogens with zero attached hydrogens (tertiary/aromatic N) is 4. The second-order valence-corrected chi connectivity index (χ2v) is 9.10. The number of hydrogen-bond acceptors (Lipinski definition) is 4. The van der Waals surface area contributed by atoms with Crippen molar-refractivity contribution in [2.45, 2.75) is 69.9 Å². The Labute approximate surface area is 156 Å². The molecule has 0 N–H and O–H groups in total. The van der Waals surface area contributed by atoms with Crippen molar-refractivity contribution in [2.75, 3.05) is 6.54 Å². The Morgan fingerprint density at radius 1 is 1.23 bits per heavy atom. The molecule has 0 saturated carbocycles. The van der Waals surface area contributed by atoms with Gasteiger partial charge in [-0.3, -0.25) is 0 Å². The molecule has 0 bridgehead atoms. The van der Waals surface area contributed by atoms with Crippen LogP contribution in [0.1, 0.15) is 57.3 Å². The number of benzene rings is 1. The standard InChI is InChI=1S/C19H28N4O2S/c1-4-22-14-20-21-19(22)12-9-17-6-5-13-23(17)26(24,25)18-10-7-16(8-11-18)15(2)3/h7-8,10-11,14-15,17H,4-6,9,12-13H2,1-3H3. The van der Waals surface area contributed by atoms with Crippen molar-refractivity contribution in [3.05, 3.63) is 42.0 Å². The van der Waals surface area contributed by atoms with Gasteiger partial charge in [-0.25, -0.2) is 8.42 Å². The summed E-state index contributed by atoms with van der Waals surface area (Å²) in [6.45, 7) is 7.70. The number of rotatable bonds is 7. The van der Waals surface area contributed by atoms with E-state index < -0.39 is 10.0 Å². The quantitative estimate of drug-likeness (QED) is 0.744. The van der Waals surface area contributed by atoms with Gasteiger partial charge in [0, 0.05) is 25.6 Å². The Bertz CT molecular complexity index is 827. The average molecular weight is 377 g/mol. The lowest BCUT2D eigenvalue weighted by Gasteiger charge is -2.24. The number of hydrogen-bond donors (Lipinski definition) is 0. The van der Waals surface area contributed by atoms with Crippen LogP contribution in [0.3, 0.4) is 0 Å². The van der Waals surface area contributed by atoms with Crippen LogP contribution in [0.25, 0.3) is 0 Å². The van der Waals surface area contributed by atoms with Crippen LogP contribution in [0.5, 0.6) is 0 Å². The molecule has 3 rings (SSSR count). The lowest BCUT2D eigenvalue weighted by Crippen LogP contribution is -2.36. The molecule has 142 valence electrons. The van der Waals surface area contributed by atoms with Crippen molar-refractivity contribution >= 4 is 10.0 Å². The smallest absolute Gasteiger partial charge is 0.243 e. The van der Waals surface area contributed by atoms with E-state index in [0.717, 1.165) is 43.6 Å². The van der Waals surface area contributed by atoms with Crippen LogP contribution in [0.2, 0.25) is 0 Å². The molecule has 1 aliphatic heterocycles. The highest BCUT2D eigenvalue weighted by molar-refractivity contribution is 7.89. The third-order valence-corrected chi connectivity index (χ3v) is 7.18. The summed E-state index contributed by atoms with van der Waals surface area (Å²) < 4.78 is 29.9. The summed E-state index contributed by atoms with van der Waals surface area (Å²) in [7, 11) is -3.45. The molecule has 2 heterocycles. The van der Waals surface area contributed by atoms with E-state index in [1.165, 1.54) is 0 Å². The molecule has 6 nitrogen and oxygen atoms in total. The number of sulfonamides is 1. The third kappa shape index (κ3) is 3.83. The van der Waals surface area contributed by atoms with E-state index in [0.29, 0.717) is 17.4 Å². The normalized spacial score (nSPS) is 18.7. The SMILES string of the molecule is CCn1cnnc1CCC1CCCN1S(=O)(=O)c1ccc(C(C)C)cc1. The van der Waals surface area contributed by atoms with E-state index >= 15 is 0 Å². The van der Waals surface area contributed by atoms with Crippen molar-refractivity contribution in [3.63, 3.8) is 0 Å². The minimum Gasteiger partial charge on any atom is -0.318 e. The van der Waals surface area contributed by atoms with Gasteiger partial charge in [-0.15, -0.1) is 10.2 Å². The second kappa shape index (κ2) is 7.88. The first-order valence-electron chi connectivity index (χ1n) is 9.42. The van der Waals surface area contributed by atoms with Crippen LogP contribution in [0.15, 0.2) is 35.5 Å². The van der Waals surface area contributed by atoms with Crippen LogP contribution < -0.4 is 0 Å². The van der Waals surface area contributed by atoms with E-state index in [1.807, 2.05) is 16.7 Å². The molecule has 0 spiro atoms. The maximum absolute atomic E-state index is 13.1. The van der Waals surface area contributed by atoms with Gasteiger partial charge in [-0.1, -0.05) is 26.0 Å². The average Bonchev–Trinajstić information content (AvgIpc) is 3.28. The fourth-order valence-corrected chi connectivity index (χ4v) is 5.33. The largest absolute Gasteiger partial charge is 0.318 e. The van der Waals surface area contributed by atoms with E-state index in [-0.39, 0.29) is 6.04 Å². The van der Waals surface area contributed by atoms with E-state index in [1.54, 1.807) is 22.8 Å². The molecule has 7 heteroatoms. The molecule has 1 aromatic carbocycles. The Kier molecular flexibility index (Phi) is 5.77. The lowest BCUT2D eigenvalue weighted by molar-refractivity contribution is 0.367. The predicted octanol–water partition coefficient (Wildman–Crippen LogP) is 3.21. The second-order valence-electron chi connectivity index (χ2n) is 7.21. The molecular formula is C19H28N4O2S. The molecule has 1 aromatic heterocycles. The first-order valence-corrected chi connectivity index (χ1v) is 10.9. The van der Waals surface area contributed by atoms with E-state index in [9.17, 15) is 8.42 Å². The number of aryl methyl sites for hydroxylation is 2. The van der Waals surface area contributed by atoms with Gasteiger partial charge in [0.05, 0.1) is 4.90 Å².